The molecule has 0 heterocycles. The van der Waals surface area contributed by atoms with Gasteiger partial charge in [0.1, 0.15) is 13.3 Å². The molecule has 106 valence electrons. The van der Waals surface area contributed by atoms with Crippen molar-refractivity contribution in [3.63, 3.8) is 0 Å². The molecule has 18 heavy (non-hydrogen) atoms. The van der Waals surface area contributed by atoms with Crippen LogP contribution in [-0.4, -0.2) is 49.8 Å². The van der Waals surface area contributed by atoms with Gasteiger partial charge in [-0.2, -0.15) is 8.42 Å². The smallest absolute Gasteiger partial charge is 0.385 e. The quantitative estimate of drug-likeness (QED) is 0.364. The molecule has 0 aromatic carbocycles. The Kier molecular flexibility index (Phi) is 7.76. The number of ether oxygens (including phenoxy) is 1. The summed E-state index contributed by atoms with van der Waals surface area (Å²) in [7, 11) is -4.26. The van der Waals surface area contributed by atoms with Gasteiger partial charge in [0, 0.05) is 6.04 Å². The van der Waals surface area contributed by atoms with Crippen LogP contribution in [0.25, 0.3) is 0 Å². The average Bonchev–Trinajstić information content (AvgIpc) is 2.32. The van der Waals surface area contributed by atoms with E-state index in [2.05, 4.69) is 10.8 Å². The maximum absolute atomic E-state index is 11.8. The molecule has 0 rings (SSSR count). The molecule has 0 aliphatic heterocycles. The first-order chi connectivity index (χ1) is 8.38. The molecule has 0 aliphatic carbocycles. The van der Waals surface area contributed by atoms with Gasteiger partial charge in [-0.15, -0.1) is 10.9 Å². The van der Waals surface area contributed by atoms with E-state index in [0.717, 1.165) is 4.31 Å². The standard InChI is InChI=1S/C10H19NO6S/c1-4-6-16-8-11(9(3)5-2)18(14,15)17-10(13)7-12/h4,9,12H,1,5-8H2,2-3H3. The molecule has 0 fully saturated rings. The molecule has 0 saturated carbocycles. The molecule has 7 nitrogen and oxygen atoms in total. The Morgan fingerprint density at radius 3 is 2.61 bits per heavy atom. The fourth-order valence-electron chi connectivity index (χ4n) is 1.03. The number of hydrogen-bond acceptors (Lipinski definition) is 6. The van der Waals surface area contributed by atoms with Crippen molar-refractivity contribution in [3.05, 3.63) is 12.7 Å². The Morgan fingerprint density at radius 2 is 2.17 bits per heavy atom. The topological polar surface area (TPSA) is 93.1 Å². The molecule has 0 radical (unpaired) electrons. The summed E-state index contributed by atoms with van der Waals surface area (Å²) in [6, 6.07) is -0.397. The van der Waals surface area contributed by atoms with E-state index < -0.39 is 28.9 Å². The fourth-order valence-corrected chi connectivity index (χ4v) is 2.21. The predicted octanol–water partition coefficient (Wildman–Crippen LogP) is 0.0273. The van der Waals surface area contributed by atoms with Gasteiger partial charge < -0.3 is 14.0 Å². The van der Waals surface area contributed by atoms with Crippen LogP contribution in [0.4, 0.5) is 0 Å². The zero-order valence-corrected chi connectivity index (χ0v) is 11.4. The normalized spacial score (nSPS) is 13.3. The lowest BCUT2D eigenvalue weighted by atomic mass is 10.3. The van der Waals surface area contributed by atoms with Crippen LogP contribution >= 0.6 is 0 Å². The van der Waals surface area contributed by atoms with Crippen molar-refractivity contribution in [1.82, 2.24) is 4.31 Å². The van der Waals surface area contributed by atoms with Crippen molar-refractivity contribution in [1.29, 1.82) is 0 Å². The number of aliphatic hydroxyl groups is 1. The van der Waals surface area contributed by atoms with Crippen LogP contribution < -0.4 is 0 Å². The van der Waals surface area contributed by atoms with Crippen molar-refractivity contribution in [3.8, 4) is 0 Å². The van der Waals surface area contributed by atoms with Crippen LogP contribution in [0.1, 0.15) is 20.3 Å². The second-order valence-corrected chi connectivity index (χ2v) is 5.00. The SMILES string of the molecule is C=CCOCN(C(C)CC)S(=O)(=O)OC(=O)CO. The monoisotopic (exact) mass is 281 g/mol. The molecule has 0 saturated heterocycles. The second kappa shape index (κ2) is 8.20. The van der Waals surface area contributed by atoms with Crippen LogP contribution in [0.2, 0.25) is 0 Å². The molecular formula is C10H19NO6S. The molecule has 0 amide bonds. The summed E-state index contributed by atoms with van der Waals surface area (Å²) in [4.78, 5) is 10.8. The van der Waals surface area contributed by atoms with Gasteiger partial charge in [-0.25, -0.2) is 4.79 Å². The summed E-state index contributed by atoms with van der Waals surface area (Å²) in [5, 5.41) is 8.49. The maximum Gasteiger partial charge on any atom is 0.389 e. The summed E-state index contributed by atoms with van der Waals surface area (Å²) < 4.78 is 33.7. The lowest BCUT2D eigenvalue weighted by Gasteiger charge is -2.25. The number of rotatable bonds is 9. The summed E-state index contributed by atoms with van der Waals surface area (Å²) in [5.74, 6) is -1.23. The Hall–Kier alpha value is -0.960. The minimum atomic E-state index is -4.26. The third-order valence-corrected chi connectivity index (χ3v) is 3.59. The first-order valence-electron chi connectivity index (χ1n) is 5.42. The molecule has 0 spiro atoms. The van der Waals surface area contributed by atoms with E-state index in [9.17, 15) is 13.2 Å². The Labute approximate surface area is 107 Å². The van der Waals surface area contributed by atoms with Crippen molar-refractivity contribution in [2.24, 2.45) is 0 Å². The number of aliphatic hydroxyl groups excluding tert-OH is 1. The molecule has 0 aromatic heterocycles. The van der Waals surface area contributed by atoms with E-state index in [1.54, 1.807) is 13.8 Å². The highest BCUT2D eigenvalue weighted by molar-refractivity contribution is 7.84. The van der Waals surface area contributed by atoms with Crippen molar-refractivity contribution >= 4 is 16.3 Å². The van der Waals surface area contributed by atoms with Crippen LogP contribution in [0.15, 0.2) is 12.7 Å². The highest BCUT2D eigenvalue weighted by Crippen LogP contribution is 2.12. The van der Waals surface area contributed by atoms with Gasteiger partial charge in [0.15, 0.2) is 0 Å². The summed E-state index contributed by atoms with van der Waals surface area (Å²) in [6.07, 6.45) is 1.99. The van der Waals surface area contributed by atoms with Gasteiger partial charge in [-0.3, -0.25) is 0 Å². The van der Waals surface area contributed by atoms with Gasteiger partial charge in [0.05, 0.1) is 6.61 Å². The number of hydrogen-bond donors (Lipinski definition) is 1. The van der Waals surface area contributed by atoms with E-state index >= 15 is 0 Å². The van der Waals surface area contributed by atoms with Gasteiger partial charge in [-0.1, -0.05) is 13.0 Å². The molecule has 1 atom stereocenters. The Morgan fingerprint density at radius 1 is 1.56 bits per heavy atom. The third-order valence-electron chi connectivity index (χ3n) is 2.15. The van der Waals surface area contributed by atoms with Crippen LogP contribution in [0, 0.1) is 0 Å². The van der Waals surface area contributed by atoms with E-state index in [0.29, 0.717) is 6.42 Å². The summed E-state index contributed by atoms with van der Waals surface area (Å²) >= 11 is 0. The minimum Gasteiger partial charge on any atom is -0.385 e. The third kappa shape index (κ3) is 5.58. The van der Waals surface area contributed by atoms with E-state index in [1.807, 2.05) is 0 Å². The highest BCUT2D eigenvalue weighted by Gasteiger charge is 2.30. The van der Waals surface area contributed by atoms with Crippen molar-refractivity contribution in [2.75, 3.05) is 19.9 Å². The van der Waals surface area contributed by atoms with Gasteiger partial charge in [0.2, 0.25) is 0 Å². The number of nitrogens with zero attached hydrogens (tertiary/aromatic N) is 1. The molecule has 8 heteroatoms. The summed E-state index contributed by atoms with van der Waals surface area (Å²) in [5.41, 5.74) is 0. The molecular weight excluding hydrogens is 262 g/mol. The minimum absolute atomic E-state index is 0.177. The highest BCUT2D eigenvalue weighted by atomic mass is 32.2. The average molecular weight is 281 g/mol. The van der Waals surface area contributed by atoms with E-state index in [-0.39, 0.29) is 13.3 Å². The van der Waals surface area contributed by atoms with Gasteiger partial charge in [0.25, 0.3) is 0 Å². The van der Waals surface area contributed by atoms with Crippen LogP contribution in [0.5, 0.6) is 0 Å². The number of carbonyl (C=O) groups excluding carboxylic acids is 1. The Balaban J connectivity index is 4.81. The predicted molar refractivity (Wildman–Crippen MR) is 64.7 cm³/mol. The summed E-state index contributed by atoms with van der Waals surface area (Å²) in [6.45, 7) is 5.81. The maximum atomic E-state index is 11.8. The van der Waals surface area contributed by atoms with Crippen LogP contribution in [-0.2, 0) is 24.0 Å². The lowest BCUT2D eigenvalue weighted by molar-refractivity contribution is -0.137. The van der Waals surface area contributed by atoms with Gasteiger partial charge >= 0.3 is 16.3 Å². The van der Waals surface area contributed by atoms with Crippen molar-refractivity contribution in [2.45, 2.75) is 26.3 Å². The number of carbonyl (C=O) groups is 1. The Bertz CT molecular complexity index is 367. The largest absolute Gasteiger partial charge is 0.389 e. The molecule has 0 aliphatic rings. The zero-order chi connectivity index (χ0) is 14.2. The van der Waals surface area contributed by atoms with Crippen molar-refractivity contribution < 1.29 is 27.2 Å². The molecule has 1 unspecified atom stereocenters. The van der Waals surface area contributed by atoms with E-state index in [4.69, 9.17) is 9.84 Å². The molecule has 1 N–H and O–H groups in total. The zero-order valence-electron chi connectivity index (χ0n) is 10.5. The van der Waals surface area contributed by atoms with E-state index in [1.165, 1.54) is 6.08 Å². The first kappa shape index (κ1) is 17.0. The lowest BCUT2D eigenvalue weighted by Crippen LogP contribution is -2.42. The fraction of sp³-hybridized carbons (Fsp3) is 0.700. The molecule has 0 bridgehead atoms. The second-order valence-electron chi connectivity index (χ2n) is 3.50. The molecule has 0 aromatic rings. The van der Waals surface area contributed by atoms with Crippen LogP contribution in [0.3, 0.4) is 0 Å². The first-order valence-corrected chi connectivity index (χ1v) is 6.79. The van der Waals surface area contributed by atoms with Gasteiger partial charge in [-0.05, 0) is 13.3 Å².